The van der Waals surface area contributed by atoms with E-state index in [2.05, 4.69) is 15.8 Å². The highest BCUT2D eigenvalue weighted by atomic mass is 16.2. The van der Waals surface area contributed by atoms with Crippen LogP contribution in [0.1, 0.15) is 12.8 Å². The number of hydrogen-bond acceptors (Lipinski definition) is 3. The summed E-state index contributed by atoms with van der Waals surface area (Å²) in [5, 5.41) is 14.0. The van der Waals surface area contributed by atoms with Crippen molar-refractivity contribution in [2.75, 3.05) is 0 Å². The number of rotatable bonds is 2. The molecule has 2 amide bonds. The number of hydrazone groups is 1. The zero-order valence-corrected chi connectivity index (χ0v) is 5.87. The quantitative estimate of drug-likeness (QED) is 0.430. The molecule has 1 aliphatic carbocycles. The highest BCUT2D eigenvalue weighted by molar-refractivity contribution is 5.79. The van der Waals surface area contributed by atoms with Gasteiger partial charge in [0.15, 0.2) is 0 Å². The average molecular weight is 152 g/mol. The molecule has 5 nitrogen and oxygen atoms in total. The second kappa shape index (κ2) is 3.56. The summed E-state index contributed by atoms with van der Waals surface area (Å²) >= 11 is 0. The maximum absolute atomic E-state index is 10.7. The summed E-state index contributed by atoms with van der Waals surface area (Å²) in [5.41, 5.74) is 2.15. The first-order valence-electron chi connectivity index (χ1n) is 3.30. The highest BCUT2D eigenvalue weighted by Crippen LogP contribution is 2.17. The number of carbonyl (C=O) groups excluding carboxylic acids is 1. The highest BCUT2D eigenvalue weighted by Gasteiger charge is 2.22. The Hall–Kier alpha value is -1.57. The van der Waals surface area contributed by atoms with Gasteiger partial charge in [-0.05, 0) is 12.8 Å². The number of hydrogen-bond donors (Lipinski definition) is 2. The fraction of sp³-hybridized carbons (Fsp3) is 0.500. The van der Waals surface area contributed by atoms with Crippen LogP contribution in [0.5, 0.6) is 0 Å². The van der Waals surface area contributed by atoms with Crippen LogP contribution in [-0.4, -0.2) is 18.3 Å². The molecular weight excluding hydrogens is 144 g/mol. The van der Waals surface area contributed by atoms with Gasteiger partial charge in [-0.15, -0.1) is 0 Å². The molecule has 0 aromatic rings. The van der Waals surface area contributed by atoms with Gasteiger partial charge >= 0.3 is 6.03 Å². The summed E-state index contributed by atoms with van der Waals surface area (Å²) in [6.07, 6.45) is 3.04. The zero-order valence-electron chi connectivity index (χ0n) is 5.87. The van der Waals surface area contributed by atoms with E-state index in [-0.39, 0.29) is 6.03 Å². The van der Waals surface area contributed by atoms with Crippen molar-refractivity contribution in [2.24, 2.45) is 5.10 Å². The van der Waals surface area contributed by atoms with Gasteiger partial charge in [-0.1, -0.05) is 0 Å². The van der Waals surface area contributed by atoms with Crippen molar-refractivity contribution in [3.63, 3.8) is 0 Å². The Labute approximate surface area is 64.1 Å². The maximum Gasteiger partial charge on any atom is 0.335 e. The van der Waals surface area contributed by atoms with Crippen LogP contribution in [0.25, 0.3) is 0 Å². The number of carbonyl (C=O) groups is 1. The normalized spacial score (nSPS) is 15.9. The van der Waals surface area contributed by atoms with Crippen molar-refractivity contribution in [3.8, 4) is 6.07 Å². The Morgan fingerprint density at radius 3 is 3.00 bits per heavy atom. The first-order chi connectivity index (χ1) is 5.33. The molecule has 0 aliphatic heterocycles. The number of nitrogens with zero attached hydrogens (tertiary/aromatic N) is 2. The Bertz CT molecular complexity index is 213. The Morgan fingerprint density at radius 2 is 2.45 bits per heavy atom. The van der Waals surface area contributed by atoms with E-state index < -0.39 is 0 Å². The van der Waals surface area contributed by atoms with Crippen LogP contribution in [0.2, 0.25) is 0 Å². The molecule has 5 heteroatoms. The van der Waals surface area contributed by atoms with Crippen molar-refractivity contribution in [2.45, 2.75) is 18.9 Å². The second-order valence-corrected chi connectivity index (χ2v) is 2.25. The lowest BCUT2D eigenvalue weighted by Gasteiger charge is -1.98. The van der Waals surface area contributed by atoms with Crippen LogP contribution in [0.15, 0.2) is 5.10 Å². The standard InChI is InChI=1S/C6H8N4O/c7-3-4-8-10-6(11)9-5-1-2-5/h4-5H,1-2H2,(H2,9,10,11)/b8-4+. The van der Waals surface area contributed by atoms with Gasteiger partial charge < -0.3 is 5.32 Å². The fourth-order valence-corrected chi connectivity index (χ4v) is 0.565. The topological polar surface area (TPSA) is 77.3 Å². The minimum absolute atomic E-state index is 0.312. The summed E-state index contributed by atoms with van der Waals surface area (Å²) in [6, 6.07) is 1.62. The monoisotopic (exact) mass is 152 g/mol. The van der Waals surface area contributed by atoms with E-state index in [0.717, 1.165) is 19.1 Å². The van der Waals surface area contributed by atoms with Crippen LogP contribution in [0.3, 0.4) is 0 Å². The van der Waals surface area contributed by atoms with Crippen molar-refractivity contribution in [1.82, 2.24) is 10.7 Å². The SMILES string of the molecule is N#C/C=N/NC(=O)NC1CC1. The van der Waals surface area contributed by atoms with Gasteiger partial charge in [0.05, 0.1) is 0 Å². The average Bonchev–Trinajstić information content (AvgIpc) is 2.72. The summed E-state index contributed by atoms with van der Waals surface area (Å²) in [7, 11) is 0. The van der Waals surface area contributed by atoms with Crippen molar-refractivity contribution >= 4 is 12.2 Å². The molecule has 0 bridgehead atoms. The van der Waals surface area contributed by atoms with Crippen molar-refractivity contribution in [3.05, 3.63) is 0 Å². The van der Waals surface area contributed by atoms with Crippen molar-refractivity contribution in [1.29, 1.82) is 5.26 Å². The molecule has 1 rings (SSSR count). The summed E-state index contributed by atoms with van der Waals surface area (Å²) in [6.45, 7) is 0. The lowest BCUT2D eigenvalue weighted by molar-refractivity contribution is 0.241. The molecule has 0 aromatic heterocycles. The molecule has 0 aromatic carbocycles. The van der Waals surface area contributed by atoms with Crippen LogP contribution >= 0.6 is 0 Å². The van der Waals surface area contributed by atoms with Gasteiger partial charge in [-0.2, -0.15) is 10.4 Å². The van der Waals surface area contributed by atoms with Gasteiger partial charge in [0.25, 0.3) is 0 Å². The number of nitrogens with one attached hydrogen (secondary N) is 2. The molecule has 2 N–H and O–H groups in total. The Kier molecular flexibility index (Phi) is 2.44. The van der Waals surface area contributed by atoms with Crippen LogP contribution in [0.4, 0.5) is 4.79 Å². The Balaban J connectivity index is 2.10. The van der Waals surface area contributed by atoms with Gasteiger partial charge in [0.1, 0.15) is 12.3 Å². The minimum Gasteiger partial charge on any atom is -0.334 e. The third-order valence-electron chi connectivity index (χ3n) is 1.20. The predicted molar refractivity (Wildman–Crippen MR) is 38.8 cm³/mol. The number of nitriles is 1. The van der Waals surface area contributed by atoms with Crippen molar-refractivity contribution < 1.29 is 4.79 Å². The molecule has 58 valence electrons. The van der Waals surface area contributed by atoms with E-state index >= 15 is 0 Å². The smallest absolute Gasteiger partial charge is 0.334 e. The molecule has 0 heterocycles. The van der Waals surface area contributed by atoms with Gasteiger partial charge in [-0.25, -0.2) is 10.2 Å². The fourth-order valence-electron chi connectivity index (χ4n) is 0.565. The third kappa shape index (κ3) is 3.20. The summed E-state index contributed by atoms with van der Waals surface area (Å²) < 4.78 is 0. The molecular formula is C6H8N4O. The van der Waals surface area contributed by atoms with E-state index in [4.69, 9.17) is 5.26 Å². The number of amides is 2. The van der Waals surface area contributed by atoms with Gasteiger partial charge in [-0.3, -0.25) is 0 Å². The molecule has 0 spiro atoms. The van der Waals surface area contributed by atoms with Crippen LogP contribution in [0, 0.1) is 11.3 Å². The Morgan fingerprint density at radius 1 is 1.73 bits per heavy atom. The van der Waals surface area contributed by atoms with E-state index in [1.54, 1.807) is 6.07 Å². The zero-order chi connectivity index (χ0) is 8.10. The summed E-state index contributed by atoms with van der Waals surface area (Å²) in [4.78, 5) is 10.7. The molecule has 11 heavy (non-hydrogen) atoms. The van der Waals surface area contributed by atoms with Crippen LogP contribution in [-0.2, 0) is 0 Å². The molecule has 1 aliphatic rings. The molecule has 0 unspecified atom stereocenters. The van der Waals surface area contributed by atoms with Gasteiger partial charge in [0.2, 0.25) is 0 Å². The molecule has 0 atom stereocenters. The molecule has 1 fully saturated rings. The lowest BCUT2D eigenvalue weighted by Crippen LogP contribution is -2.33. The maximum atomic E-state index is 10.7. The summed E-state index contributed by atoms with van der Waals surface area (Å²) in [5.74, 6) is 0. The first-order valence-corrected chi connectivity index (χ1v) is 3.30. The van der Waals surface area contributed by atoms with Crippen LogP contribution < -0.4 is 10.7 Å². The van der Waals surface area contributed by atoms with E-state index in [0.29, 0.717) is 6.04 Å². The predicted octanol–water partition coefficient (Wildman–Crippen LogP) is -0.0426. The third-order valence-corrected chi connectivity index (χ3v) is 1.20. The van der Waals surface area contributed by atoms with E-state index in [1.807, 2.05) is 0 Å². The minimum atomic E-state index is -0.348. The van der Waals surface area contributed by atoms with E-state index in [9.17, 15) is 4.79 Å². The first kappa shape index (κ1) is 7.54. The molecule has 0 radical (unpaired) electrons. The second-order valence-electron chi connectivity index (χ2n) is 2.25. The van der Waals surface area contributed by atoms with Gasteiger partial charge in [0, 0.05) is 6.04 Å². The molecule has 0 saturated heterocycles. The van der Waals surface area contributed by atoms with E-state index in [1.165, 1.54) is 0 Å². The number of urea groups is 1. The largest absolute Gasteiger partial charge is 0.335 e. The molecule has 1 saturated carbocycles. The lowest BCUT2D eigenvalue weighted by atomic mass is 10.7.